The molecule has 0 aromatic carbocycles. The van der Waals surface area contributed by atoms with Crippen LogP contribution in [0.25, 0.3) is 0 Å². The Morgan fingerprint density at radius 3 is 2.76 bits per heavy atom. The summed E-state index contributed by atoms with van der Waals surface area (Å²) < 4.78 is 11.2. The minimum absolute atomic E-state index is 0.0122. The average molecular weight is 457 g/mol. The quantitative estimate of drug-likeness (QED) is 0.291. The summed E-state index contributed by atoms with van der Waals surface area (Å²) in [5.41, 5.74) is 2.33. The van der Waals surface area contributed by atoms with Gasteiger partial charge < -0.3 is 19.7 Å². The number of aliphatic hydroxyl groups excluding tert-OH is 2. The van der Waals surface area contributed by atoms with Crippen molar-refractivity contribution >= 4 is 5.97 Å². The second kappa shape index (κ2) is 13.5. The van der Waals surface area contributed by atoms with E-state index in [1.807, 2.05) is 63.3 Å². The molecule has 5 nitrogen and oxygen atoms in total. The lowest BCUT2D eigenvalue weighted by molar-refractivity contribution is -0.141. The van der Waals surface area contributed by atoms with Gasteiger partial charge >= 0.3 is 5.97 Å². The van der Waals surface area contributed by atoms with Crippen LogP contribution in [0.3, 0.4) is 0 Å². The molecule has 0 aromatic rings. The second-order valence-corrected chi connectivity index (χ2v) is 9.28. The summed E-state index contributed by atoms with van der Waals surface area (Å²) in [6, 6.07) is 0. The summed E-state index contributed by atoms with van der Waals surface area (Å²) in [7, 11) is 0. The predicted molar refractivity (Wildman–Crippen MR) is 132 cm³/mol. The first-order valence-electron chi connectivity index (χ1n) is 11.9. The van der Waals surface area contributed by atoms with Gasteiger partial charge in [0.2, 0.25) is 0 Å². The van der Waals surface area contributed by atoms with Crippen molar-refractivity contribution in [1.29, 1.82) is 0 Å². The molecule has 5 heteroatoms. The van der Waals surface area contributed by atoms with Gasteiger partial charge in [-0.05, 0) is 39.2 Å². The molecule has 0 saturated carbocycles. The Morgan fingerprint density at radius 1 is 1.30 bits per heavy atom. The Kier molecular flexibility index (Phi) is 11.0. The smallest absolute Gasteiger partial charge is 0.331 e. The van der Waals surface area contributed by atoms with Crippen LogP contribution >= 0.6 is 0 Å². The summed E-state index contributed by atoms with van der Waals surface area (Å²) in [6.07, 6.45) is 18.9. The Hall–Kier alpha value is -2.21. The zero-order valence-corrected chi connectivity index (χ0v) is 20.6. The number of hydrogen-bond donors (Lipinski definition) is 2. The SMILES string of the molecule is C/C=C/[C@@H]1O[C@@H]([C@@H](O)/C=C/C=C(\C)C[C@H](C)/C=C(C)\C=C\[C@H]2CC=CC(=O)O2)C[C@@H](O)[C@H]1C. The number of carbonyl (C=O) groups excluding carboxylic acids is 1. The molecule has 0 amide bonds. The fourth-order valence-corrected chi connectivity index (χ4v) is 4.19. The largest absolute Gasteiger partial charge is 0.455 e. The highest BCUT2D eigenvalue weighted by Gasteiger charge is 2.35. The number of hydrogen-bond acceptors (Lipinski definition) is 5. The zero-order chi connectivity index (χ0) is 24.4. The number of esters is 1. The Labute approximate surface area is 198 Å². The molecule has 0 bridgehead atoms. The molecule has 2 aliphatic rings. The van der Waals surface area contributed by atoms with Crippen LogP contribution in [0, 0.1) is 11.8 Å². The maximum absolute atomic E-state index is 11.3. The summed E-state index contributed by atoms with van der Waals surface area (Å²) in [4.78, 5) is 11.3. The van der Waals surface area contributed by atoms with Gasteiger partial charge in [-0.1, -0.05) is 73.6 Å². The fraction of sp³-hybridized carbons (Fsp3) is 0.536. The van der Waals surface area contributed by atoms with Crippen molar-refractivity contribution in [2.24, 2.45) is 11.8 Å². The van der Waals surface area contributed by atoms with E-state index >= 15 is 0 Å². The number of allylic oxidation sites excluding steroid dienone is 7. The van der Waals surface area contributed by atoms with Crippen LogP contribution in [0.4, 0.5) is 0 Å². The van der Waals surface area contributed by atoms with Crippen molar-refractivity contribution in [2.45, 2.75) is 84.4 Å². The first-order valence-corrected chi connectivity index (χ1v) is 11.9. The van der Waals surface area contributed by atoms with Crippen molar-refractivity contribution in [3.8, 4) is 0 Å². The molecule has 2 rings (SSSR count). The molecule has 2 heterocycles. The van der Waals surface area contributed by atoms with Crippen LogP contribution in [0.15, 0.2) is 71.9 Å². The van der Waals surface area contributed by atoms with E-state index in [1.165, 1.54) is 11.6 Å². The summed E-state index contributed by atoms with van der Waals surface area (Å²) in [5.74, 6) is 0.0688. The topological polar surface area (TPSA) is 76.0 Å². The lowest BCUT2D eigenvalue weighted by Crippen LogP contribution is -2.46. The van der Waals surface area contributed by atoms with E-state index in [4.69, 9.17) is 9.47 Å². The first-order chi connectivity index (χ1) is 15.7. The number of rotatable bonds is 9. The molecule has 0 unspecified atom stereocenters. The van der Waals surface area contributed by atoms with Gasteiger partial charge in [-0.25, -0.2) is 4.79 Å². The van der Waals surface area contributed by atoms with Crippen LogP contribution in [-0.4, -0.2) is 46.7 Å². The Balaban J connectivity index is 1.85. The van der Waals surface area contributed by atoms with Gasteiger partial charge in [0.25, 0.3) is 0 Å². The molecule has 2 aliphatic heterocycles. The van der Waals surface area contributed by atoms with Gasteiger partial charge in [-0.15, -0.1) is 0 Å². The predicted octanol–water partition coefficient (Wildman–Crippen LogP) is 4.98. The molecular weight excluding hydrogens is 416 g/mol. The van der Waals surface area contributed by atoms with E-state index in [0.717, 1.165) is 12.0 Å². The summed E-state index contributed by atoms with van der Waals surface area (Å²) in [5, 5.41) is 20.8. The molecule has 1 fully saturated rings. The Bertz CT molecular complexity index is 816. The van der Waals surface area contributed by atoms with E-state index in [-0.39, 0.29) is 24.1 Å². The molecule has 0 aromatic heterocycles. The molecule has 2 N–H and O–H groups in total. The highest BCUT2D eigenvalue weighted by atomic mass is 16.5. The van der Waals surface area contributed by atoms with E-state index in [1.54, 1.807) is 6.08 Å². The van der Waals surface area contributed by atoms with E-state index < -0.39 is 18.3 Å². The Morgan fingerprint density at radius 2 is 2.06 bits per heavy atom. The van der Waals surface area contributed by atoms with E-state index in [0.29, 0.717) is 18.8 Å². The van der Waals surface area contributed by atoms with Gasteiger partial charge in [0.1, 0.15) is 6.10 Å². The number of carbonyl (C=O) groups is 1. The third kappa shape index (κ3) is 9.28. The van der Waals surface area contributed by atoms with E-state index in [2.05, 4.69) is 19.9 Å². The molecule has 0 spiro atoms. The average Bonchev–Trinajstić information content (AvgIpc) is 2.75. The maximum Gasteiger partial charge on any atom is 0.331 e. The van der Waals surface area contributed by atoms with Gasteiger partial charge in [0, 0.05) is 24.8 Å². The third-order valence-electron chi connectivity index (χ3n) is 6.04. The van der Waals surface area contributed by atoms with Crippen molar-refractivity contribution in [1.82, 2.24) is 0 Å². The number of cyclic esters (lactones) is 1. The van der Waals surface area contributed by atoms with Gasteiger partial charge in [0.05, 0.1) is 24.4 Å². The zero-order valence-electron chi connectivity index (χ0n) is 20.6. The van der Waals surface area contributed by atoms with Crippen molar-refractivity contribution < 1.29 is 24.5 Å². The number of aliphatic hydroxyl groups is 2. The van der Waals surface area contributed by atoms with Gasteiger partial charge in [-0.2, -0.15) is 0 Å². The first kappa shape index (κ1) is 27.0. The van der Waals surface area contributed by atoms with Gasteiger partial charge in [0.15, 0.2) is 0 Å². The summed E-state index contributed by atoms with van der Waals surface area (Å²) >= 11 is 0. The monoisotopic (exact) mass is 456 g/mol. The minimum atomic E-state index is -0.766. The molecule has 7 atom stereocenters. The number of ether oxygens (including phenoxy) is 2. The molecule has 1 saturated heterocycles. The summed E-state index contributed by atoms with van der Waals surface area (Å²) in [6.45, 7) is 10.2. The van der Waals surface area contributed by atoms with Crippen molar-refractivity contribution in [2.75, 3.05) is 0 Å². The van der Waals surface area contributed by atoms with E-state index in [9.17, 15) is 15.0 Å². The lowest BCUT2D eigenvalue weighted by atomic mass is 9.88. The van der Waals surface area contributed by atoms with Crippen LogP contribution in [0.2, 0.25) is 0 Å². The van der Waals surface area contributed by atoms with Crippen molar-refractivity contribution in [3.63, 3.8) is 0 Å². The molecule has 0 aliphatic carbocycles. The van der Waals surface area contributed by atoms with Crippen molar-refractivity contribution in [3.05, 3.63) is 71.9 Å². The fourth-order valence-electron chi connectivity index (χ4n) is 4.19. The highest BCUT2D eigenvalue weighted by molar-refractivity contribution is 5.82. The van der Waals surface area contributed by atoms with Crippen LogP contribution < -0.4 is 0 Å². The highest BCUT2D eigenvalue weighted by Crippen LogP contribution is 2.28. The van der Waals surface area contributed by atoms with Crippen LogP contribution in [-0.2, 0) is 14.3 Å². The molecule has 33 heavy (non-hydrogen) atoms. The third-order valence-corrected chi connectivity index (χ3v) is 6.04. The normalized spacial score (nSPS) is 31.5. The molecule has 182 valence electrons. The molecule has 0 radical (unpaired) electrons. The molecular formula is C28H40O5. The van der Waals surface area contributed by atoms with Crippen LogP contribution in [0.5, 0.6) is 0 Å². The standard InChI is InChI=1S/C28H40O5/c1-6-9-26-22(5)25(30)18-27(33-26)24(29)12-7-10-19(2)16-21(4)17-20(3)14-15-23-11-8-13-28(31)32-23/h6-10,12-15,17,21-27,29-30H,11,16,18H2,1-5H3/b9-6+,12-7+,15-14+,19-10+,20-17-/t21-,22+,23+,24-,25+,26-,27+/m0/s1. The maximum atomic E-state index is 11.3. The van der Waals surface area contributed by atoms with Gasteiger partial charge in [-0.3, -0.25) is 0 Å². The minimum Gasteiger partial charge on any atom is -0.455 e. The lowest BCUT2D eigenvalue weighted by Gasteiger charge is -2.38. The van der Waals surface area contributed by atoms with Crippen LogP contribution in [0.1, 0.15) is 53.9 Å². The second-order valence-electron chi connectivity index (χ2n) is 9.28.